The Hall–Kier alpha value is -0.830. The van der Waals surface area contributed by atoms with E-state index in [-0.39, 0.29) is 24.0 Å². The summed E-state index contributed by atoms with van der Waals surface area (Å²) in [6, 6.07) is 1.94. The van der Waals surface area contributed by atoms with Crippen LogP contribution in [0.3, 0.4) is 0 Å². The zero-order valence-electron chi connectivity index (χ0n) is 13.5. The lowest BCUT2D eigenvalue weighted by Gasteiger charge is -2.25. The third kappa shape index (κ3) is 7.44. The van der Waals surface area contributed by atoms with E-state index in [0.29, 0.717) is 0 Å². The summed E-state index contributed by atoms with van der Waals surface area (Å²) < 4.78 is 1.92. The molecule has 1 aromatic heterocycles. The van der Waals surface area contributed by atoms with Gasteiger partial charge in [0, 0.05) is 32.0 Å². The van der Waals surface area contributed by atoms with Gasteiger partial charge >= 0.3 is 0 Å². The second kappa shape index (κ2) is 11.7. The summed E-state index contributed by atoms with van der Waals surface area (Å²) in [6.45, 7) is 9.05. The van der Waals surface area contributed by atoms with Crippen molar-refractivity contribution in [2.24, 2.45) is 4.99 Å². The Balaban J connectivity index is 0.00000242. The molecule has 0 aliphatic carbocycles. The maximum atomic E-state index is 4.65. The van der Waals surface area contributed by atoms with Crippen LogP contribution in [0.5, 0.6) is 0 Å². The van der Waals surface area contributed by atoms with Crippen LogP contribution in [0.1, 0.15) is 26.2 Å². The Kier molecular flexibility index (Phi) is 10.2. The lowest BCUT2D eigenvalue weighted by atomic mass is 10.1. The van der Waals surface area contributed by atoms with Crippen LogP contribution in [0.25, 0.3) is 0 Å². The molecule has 2 rings (SSSR count). The summed E-state index contributed by atoms with van der Waals surface area (Å²) in [4.78, 5) is 7.16. The number of hydrogen-bond acceptors (Lipinski definition) is 3. The smallest absolute Gasteiger partial charge is 0.191 e. The van der Waals surface area contributed by atoms with E-state index < -0.39 is 0 Å². The maximum Gasteiger partial charge on any atom is 0.191 e. The molecule has 6 nitrogen and oxygen atoms in total. The minimum Gasteiger partial charge on any atom is -0.357 e. The highest BCUT2D eigenvalue weighted by Crippen LogP contribution is 2.07. The highest BCUT2D eigenvalue weighted by molar-refractivity contribution is 14.0. The van der Waals surface area contributed by atoms with Gasteiger partial charge in [-0.15, -0.1) is 24.0 Å². The SMILES string of the molecule is CCNC(=NCCN1CCCCC1)NCCn1cccn1.I. The second-order valence-electron chi connectivity index (χ2n) is 5.36. The molecule has 7 heteroatoms. The first-order valence-corrected chi connectivity index (χ1v) is 8.10. The molecular weight excluding hydrogens is 391 g/mol. The van der Waals surface area contributed by atoms with Crippen molar-refractivity contribution < 1.29 is 0 Å². The molecule has 1 fully saturated rings. The normalized spacial score (nSPS) is 16.1. The molecule has 0 unspecified atom stereocenters. The molecule has 1 aliphatic heterocycles. The monoisotopic (exact) mass is 420 g/mol. The van der Waals surface area contributed by atoms with Crippen molar-refractivity contribution in [3.8, 4) is 0 Å². The van der Waals surface area contributed by atoms with Gasteiger partial charge in [-0.1, -0.05) is 6.42 Å². The van der Waals surface area contributed by atoms with Crippen molar-refractivity contribution in [2.45, 2.75) is 32.7 Å². The molecule has 22 heavy (non-hydrogen) atoms. The number of aliphatic imine (C=N–C) groups is 1. The number of piperidine rings is 1. The van der Waals surface area contributed by atoms with Crippen LogP contribution in [0.15, 0.2) is 23.5 Å². The summed E-state index contributed by atoms with van der Waals surface area (Å²) in [5, 5.41) is 10.8. The maximum absolute atomic E-state index is 4.65. The van der Waals surface area contributed by atoms with Crippen LogP contribution in [-0.2, 0) is 6.54 Å². The standard InChI is InChI=1S/C15H28N6.HI/c1-2-16-15(18-9-14-21-12-6-7-19-21)17-8-13-20-10-4-3-5-11-20;/h6-7,12H,2-5,8-11,13-14H2,1H3,(H2,16,17,18);1H. The van der Waals surface area contributed by atoms with Crippen LogP contribution >= 0.6 is 24.0 Å². The zero-order valence-corrected chi connectivity index (χ0v) is 15.8. The van der Waals surface area contributed by atoms with Crippen LogP contribution < -0.4 is 10.6 Å². The first-order chi connectivity index (χ1) is 10.4. The van der Waals surface area contributed by atoms with Gasteiger partial charge in [0.15, 0.2) is 5.96 Å². The minimum atomic E-state index is 0. The summed E-state index contributed by atoms with van der Waals surface area (Å²) >= 11 is 0. The first-order valence-electron chi connectivity index (χ1n) is 8.10. The number of rotatable bonds is 7. The average Bonchev–Trinajstić information content (AvgIpc) is 3.02. The van der Waals surface area contributed by atoms with E-state index in [1.54, 1.807) is 6.20 Å². The molecule has 0 atom stereocenters. The fraction of sp³-hybridized carbons (Fsp3) is 0.733. The molecule has 1 aromatic rings. The fourth-order valence-electron chi connectivity index (χ4n) is 2.55. The van der Waals surface area contributed by atoms with E-state index in [1.165, 1.54) is 32.4 Å². The van der Waals surface area contributed by atoms with Crippen molar-refractivity contribution in [1.29, 1.82) is 0 Å². The average molecular weight is 420 g/mol. The van der Waals surface area contributed by atoms with Gasteiger partial charge in [0.25, 0.3) is 0 Å². The molecule has 0 bridgehead atoms. The van der Waals surface area contributed by atoms with Gasteiger partial charge in [-0.3, -0.25) is 9.67 Å². The largest absolute Gasteiger partial charge is 0.357 e. The van der Waals surface area contributed by atoms with Crippen molar-refractivity contribution in [1.82, 2.24) is 25.3 Å². The molecule has 1 aliphatic rings. The molecule has 2 heterocycles. The van der Waals surface area contributed by atoms with Gasteiger partial charge in [0.1, 0.15) is 0 Å². The zero-order chi connectivity index (χ0) is 14.8. The quantitative estimate of drug-likeness (QED) is 0.399. The van der Waals surface area contributed by atoms with Crippen LogP contribution in [0, 0.1) is 0 Å². The Labute approximate surface area is 150 Å². The number of nitrogens with zero attached hydrogens (tertiary/aromatic N) is 4. The number of nitrogens with one attached hydrogen (secondary N) is 2. The third-order valence-corrected chi connectivity index (χ3v) is 3.67. The molecular formula is C15H29IN6. The molecule has 2 N–H and O–H groups in total. The van der Waals surface area contributed by atoms with Gasteiger partial charge in [-0.25, -0.2) is 0 Å². The van der Waals surface area contributed by atoms with Crippen molar-refractivity contribution >= 4 is 29.9 Å². The Morgan fingerprint density at radius 1 is 1.18 bits per heavy atom. The van der Waals surface area contributed by atoms with Crippen molar-refractivity contribution in [2.75, 3.05) is 39.3 Å². The predicted octanol–water partition coefficient (Wildman–Crippen LogP) is 1.54. The van der Waals surface area contributed by atoms with Gasteiger partial charge in [-0.2, -0.15) is 5.10 Å². The highest BCUT2D eigenvalue weighted by atomic mass is 127. The van der Waals surface area contributed by atoms with Gasteiger partial charge in [-0.05, 0) is 38.9 Å². The van der Waals surface area contributed by atoms with E-state index in [0.717, 1.165) is 38.7 Å². The minimum absolute atomic E-state index is 0. The lowest BCUT2D eigenvalue weighted by Crippen LogP contribution is -2.40. The van der Waals surface area contributed by atoms with Crippen LogP contribution in [0.2, 0.25) is 0 Å². The van der Waals surface area contributed by atoms with Crippen LogP contribution in [-0.4, -0.2) is 59.9 Å². The fourth-order valence-corrected chi connectivity index (χ4v) is 2.55. The highest BCUT2D eigenvalue weighted by Gasteiger charge is 2.08. The predicted molar refractivity (Wildman–Crippen MR) is 102 cm³/mol. The second-order valence-corrected chi connectivity index (χ2v) is 5.36. The van der Waals surface area contributed by atoms with E-state index in [1.807, 2.05) is 16.9 Å². The third-order valence-electron chi connectivity index (χ3n) is 3.67. The molecule has 1 saturated heterocycles. The molecule has 126 valence electrons. The van der Waals surface area contributed by atoms with Crippen molar-refractivity contribution in [3.63, 3.8) is 0 Å². The number of aromatic nitrogens is 2. The van der Waals surface area contributed by atoms with Gasteiger partial charge < -0.3 is 15.5 Å². The number of hydrogen-bond donors (Lipinski definition) is 2. The van der Waals surface area contributed by atoms with Gasteiger partial charge in [0.2, 0.25) is 0 Å². The molecule has 0 spiro atoms. The van der Waals surface area contributed by atoms with E-state index in [2.05, 4.69) is 32.5 Å². The molecule has 0 radical (unpaired) electrons. The van der Waals surface area contributed by atoms with Crippen LogP contribution in [0.4, 0.5) is 0 Å². The van der Waals surface area contributed by atoms with Gasteiger partial charge in [0.05, 0.1) is 13.1 Å². The topological polar surface area (TPSA) is 57.5 Å². The number of guanidine groups is 1. The molecule has 0 amide bonds. The molecule has 0 aromatic carbocycles. The summed E-state index contributed by atoms with van der Waals surface area (Å²) in [5.74, 6) is 0.904. The summed E-state index contributed by atoms with van der Waals surface area (Å²) in [6.07, 6.45) is 7.84. The Morgan fingerprint density at radius 2 is 2.00 bits per heavy atom. The van der Waals surface area contributed by atoms with E-state index in [4.69, 9.17) is 0 Å². The molecule has 0 saturated carbocycles. The van der Waals surface area contributed by atoms with Crippen molar-refractivity contribution in [3.05, 3.63) is 18.5 Å². The van der Waals surface area contributed by atoms with E-state index in [9.17, 15) is 0 Å². The lowest BCUT2D eigenvalue weighted by molar-refractivity contribution is 0.235. The number of halogens is 1. The summed E-state index contributed by atoms with van der Waals surface area (Å²) in [5.41, 5.74) is 0. The first kappa shape index (κ1) is 19.2. The Morgan fingerprint density at radius 3 is 2.68 bits per heavy atom. The summed E-state index contributed by atoms with van der Waals surface area (Å²) in [7, 11) is 0. The Bertz CT molecular complexity index is 400. The van der Waals surface area contributed by atoms with E-state index >= 15 is 0 Å². The number of likely N-dealkylation sites (tertiary alicyclic amines) is 1.